The van der Waals surface area contributed by atoms with E-state index in [-0.39, 0.29) is 0 Å². The second kappa shape index (κ2) is 9.47. The largest absolute Gasteiger partial charge is 0.493 e. The van der Waals surface area contributed by atoms with Crippen LogP contribution in [0.3, 0.4) is 0 Å². The van der Waals surface area contributed by atoms with Crippen LogP contribution in [0, 0.1) is 6.92 Å². The highest BCUT2D eigenvalue weighted by Crippen LogP contribution is 2.28. The summed E-state index contributed by atoms with van der Waals surface area (Å²) >= 11 is 6.07. The second-order valence-electron chi connectivity index (χ2n) is 6.59. The lowest BCUT2D eigenvalue weighted by molar-refractivity contribution is 0.354. The van der Waals surface area contributed by atoms with Gasteiger partial charge >= 0.3 is 0 Å². The number of aryl methyl sites for hydroxylation is 1. The molecule has 0 aliphatic heterocycles. The minimum Gasteiger partial charge on any atom is -0.493 e. The fourth-order valence-corrected chi connectivity index (χ4v) is 2.96. The third-order valence-corrected chi connectivity index (χ3v) is 4.98. The van der Waals surface area contributed by atoms with Gasteiger partial charge in [-0.05, 0) is 54.8 Å². The molecule has 0 spiro atoms. The number of ether oxygens (including phenoxy) is 3. The smallest absolute Gasteiger partial charge is 0.224 e. The van der Waals surface area contributed by atoms with Crippen molar-refractivity contribution in [2.75, 3.05) is 32.7 Å². The summed E-state index contributed by atoms with van der Waals surface area (Å²) in [5.74, 6) is 3.39. The van der Waals surface area contributed by atoms with Crippen LogP contribution < -0.4 is 19.1 Å². The van der Waals surface area contributed by atoms with E-state index >= 15 is 0 Å². The van der Waals surface area contributed by atoms with Gasteiger partial charge in [-0.25, -0.2) is 9.97 Å². The molecule has 0 aliphatic carbocycles. The summed E-state index contributed by atoms with van der Waals surface area (Å²) in [7, 11) is 5.25. The number of hydrogen-bond acceptors (Lipinski definition) is 6. The molecule has 0 unspecified atom stereocenters. The lowest BCUT2D eigenvalue weighted by Crippen LogP contribution is -2.21. The van der Waals surface area contributed by atoms with E-state index in [1.54, 1.807) is 14.2 Å². The highest BCUT2D eigenvalue weighted by Gasteiger charge is 2.09. The molecule has 0 atom stereocenters. The molecular formula is C22H24ClN3O3. The number of benzene rings is 2. The van der Waals surface area contributed by atoms with Gasteiger partial charge in [0.25, 0.3) is 0 Å². The zero-order valence-corrected chi connectivity index (χ0v) is 17.7. The van der Waals surface area contributed by atoms with Gasteiger partial charge in [-0.3, -0.25) is 0 Å². The van der Waals surface area contributed by atoms with E-state index in [9.17, 15) is 0 Å². The number of aromatic nitrogens is 2. The Morgan fingerprint density at radius 3 is 2.48 bits per heavy atom. The fraction of sp³-hybridized carbons (Fsp3) is 0.273. The quantitative estimate of drug-likeness (QED) is 0.522. The fourth-order valence-electron chi connectivity index (χ4n) is 2.84. The van der Waals surface area contributed by atoms with Gasteiger partial charge in [-0.15, -0.1) is 0 Å². The average molecular weight is 414 g/mol. The predicted octanol–water partition coefficient (Wildman–Crippen LogP) is 4.93. The van der Waals surface area contributed by atoms with Crippen LogP contribution in [0.2, 0.25) is 5.02 Å². The van der Waals surface area contributed by atoms with Gasteiger partial charge in [-0.1, -0.05) is 17.7 Å². The lowest BCUT2D eigenvalue weighted by atomic mass is 10.1. The first kappa shape index (κ1) is 20.7. The lowest BCUT2D eigenvalue weighted by Gasteiger charge is -2.19. The Morgan fingerprint density at radius 2 is 1.76 bits per heavy atom. The molecule has 7 heteroatoms. The van der Waals surface area contributed by atoms with Crippen molar-refractivity contribution in [3.63, 3.8) is 0 Å². The van der Waals surface area contributed by atoms with E-state index in [4.69, 9.17) is 25.8 Å². The standard InChI is InChI=1S/C22H24ClN3O3/c1-15-11-17(6-7-18(15)23)29-22-13-21(24-14-25-22)26(2)10-9-16-5-8-19(27-3)20(12-16)28-4/h5-8,11-14H,9-10H2,1-4H3. The van der Waals surface area contributed by atoms with Crippen molar-refractivity contribution < 1.29 is 14.2 Å². The normalized spacial score (nSPS) is 10.5. The van der Waals surface area contributed by atoms with Gasteiger partial charge in [0, 0.05) is 24.7 Å². The van der Waals surface area contributed by atoms with Gasteiger partial charge in [0.1, 0.15) is 17.9 Å². The predicted molar refractivity (Wildman–Crippen MR) is 115 cm³/mol. The SMILES string of the molecule is COc1ccc(CCN(C)c2cc(Oc3ccc(Cl)c(C)c3)ncn2)cc1OC. The first-order valence-corrected chi connectivity index (χ1v) is 9.56. The molecule has 0 saturated carbocycles. The summed E-state index contributed by atoms with van der Waals surface area (Å²) in [6, 6.07) is 13.3. The molecule has 6 nitrogen and oxygen atoms in total. The molecule has 3 aromatic rings. The van der Waals surface area contributed by atoms with Crippen LogP contribution in [0.5, 0.6) is 23.1 Å². The molecule has 1 aromatic heterocycles. The van der Waals surface area contributed by atoms with Crippen LogP contribution in [-0.2, 0) is 6.42 Å². The molecule has 3 rings (SSSR count). The summed E-state index contributed by atoms with van der Waals surface area (Å²) in [4.78, 5) is 10.6. The van der Waals surface area contributed by atoms with Gasteiger partial charge in [-0.2, -0.15) is 0 Å². The van der Waals surface area contributed by atoms with Crippen molar-refractivity contribution in [2.24, 2.45) is 0 Å². The third kappa shape index (κ3) is 5.29. The molecule has 1 heterocycles. The van der Waals surface area contributed by atoms with Gasteiger partial charge in [0.05, 0.1) is 14.2 Å². The topological polar surface area (TPSA) is 56.7 Å². The minimum atomic E-state index is 0.481. The second-order valence-corrected chi connectivity index (χ2v) is 7.00. The number of likely N-dealkylation sites (N-methyl/N-ethyl adjacent to an activating group) is 1. The molecule has 0 bridgehead atoms. The summed E-state index contributed by atoms with van der Waals surface area (Å²) in [5.41, 5.74) is 2.10. The number of rotatable bonds is 8. The number of anilines is 1. The van der Waals surface area contributed by atoms with Crippen molar-refractivity contribution in [3.05, 3.63) is 64.9 Å². The Kier molecular flexibility index (Phi) is 6.77. The molecule has 29 heavy (non-hydrogen) atoms. The molecule has 0 amide bonds. The Labute approximate surface area is 176 Å². The van der Waals surface area contributed by atoms with Gasteiger partial charge in [0.15, 0.2) is 11.5 Å². The number of methoxy groups -OCH3 is 2. The Balaban J connectivity index is 1.66. The summed E-state index contributed by atoms with van der Waals surface area (Å²) in [5, 5.41) is 0.704. The number of hydrogen-bond donors (Lipinski definition) is 0. The molecule has 0 aliphatic rings. The van der Waals surface area contributed by atoms with Crippen LogP contribution in [0.1, 0.15) is 11.1 Å². The van der Waals surface area contributed by atoms with E-state index in [1.807, 2.05) is 56.4 Å². The maximum absolute atomic E-state index is 6.07. The van der Waals surface area contributed by atoms with E-state index in [0.29, 0.717) is 16.7 Å². The molecule has 2 aromatic carbocycles. The van der Waals surface area contributed by atoms with Gasteiger partial charge < -0.3 is 19.1 Å². The molecule has 0 saturated heterocycles. The van der Waals surface area contributed by atoms with Crippen molar-refractivity contribution in [3.8, 4) is 23.1 Å². The Bertz CT molecular complexity index is 981. The molecular weight excluding hydrogens is 390 g/mol. The zero-order chi connectivity index (χ0) is 20.8. The van der Waals surface area contributed by atoms with Crippen LogP contribution in [-0.4, -0.2) is 37.8 Å². The van der Waals surface area contributed by atoms with Crippen LogP contribution in [0.4, 0.5) is 5.82 Å². The number of nitrogens with zero attached hydrogens (tertiary/aromatic N) is 3. The first-order valence-electron chi connectivity index (χ1n) is 9.18. The van der Waals surface area contributed by atoms with Crippen LogP contribution in [0.25, 0.3) is 0 Å². The van der Waals surface area contributed by atoms with Crippen molar-refractivity contribution in [1.82, 2.24) is 9.97 Å². The molecule has 0 radical (unpaired) electrons. The van der Waals surface area contributed by atoms with Crippen molar-refractivity contribution >= 4 is 17.4 Å². The van der Waals surface area contributed by atoms with E-state index < -0.39 is 0 Å². The maximum Gasteiger partial charge on any atom is 0.224 e. The first-order chi connectivity index (χ1) is 14.0. The van der Waals surface area contributed by atoms with Crippen LogP contribution >= 0.6 is 11.6 Å². The van der Waals surface area contributed by atoms with E-state index in [2.05, 4.69) is 14.9 Å². The van der Waals surface area contributed by atoms with Crippen LogP contribution in [0.15, 0.2) is 48.8 Å². The monoisotopic (exact) mass is 413 g/mol. The van der Waals surface area contributed by atoms with E-state index in [0.717, 1.165) is 41.4 Å². The average Bonchev–Trinajstić information content (AvgIpc) is 2.74. The molecule has 152 valence electrons. The number of halogens is 1. The Hall–Kier alpha value is -2.99. The summed E-state index contributed by atoms with van der Waals surface area (Å²) in [6.07, 6.45) is 2.33. The highest BCUT2D eigenvalue weighted by atomic mass is 35.5. The minimum absolute atomic E-state index is 0.481. The molecule has 0 fully saturated rings. The Morgan fingerprint density at radius 1 is 0.966 bits per heavy atom. The van der Waals surface area contributed by atoms with Crippen molar-refractivity contribution in [1.29, 1.82) is 0 Å². The van der Waals surface area contributed by atoms with Crippen molar-refractivity contribution in [2.45, 2.75) is 13.3 Å². The van der Waals surface area contributed by atoms with Gasteiger partial charge in [0.2, 0.25) is 5.88 Å². The molecule has 0 N–H and O–H groups in total. The third-order valence-electron chi connectivity index (χ3n) is 4.55. The zero-order valence-electron chi connectivity index (χ0n) is 17.0. The summed E-state index contributed by atoms with van der Waals surface area (Å²) in [6.45, 7) is 2.70. The highest BCUT2D eigenvalue weighted by molar-refractivity contribution is 6.31. The maximum atomic E-state index is 6.07. The summed E-state index contributed by atoms with van der Waals surface area (Å²) < 4.78 is 16.5. The van der Waals surface area contributed by atoms with E-state index in [1.165, 1.54) is 6.33 Å².